The maximum atomic E-state index is 4.57. The van der Waals surface area contributed by atoms with Gasteiger partial charge in [0.2, 0.25) is 0 Å². The molecule has 1 radical (unpaired) electrons. The molecule has 1 fully saturated rings. The van der Waals surface area contributed by atoms with E-state index >= 15 is 0 Å². The Bertz CT molecular complexity index is 422. The molecule has 0 saturated heterocycles. The van der Waals surface area contributed by atoms with E-state index in [0.29, 0.717) is 5.92 Å². The topological polar surface area (TPSA) is 24.7 Å². The van der Waals surface area contributed by atoms with Gasteiger partial charge in [-0.1, -0.05) is 12.1 Å². The van der Waals surface area contributed by atoms with E-state index in [1.165, 1.54) is 12.8 Å². The van der Waals surface area contributed by atoms with Crippen LogP contribution in [0.4, 0.5) is 0 Å². The van der Waals surface area contributed by atoms with Crippen LogP contribution in [0.2, 0.25) is 0 Å². The smallest absolute Gasteiger partial charge is 0.154 e. The van der Waals surface area contributed by atoms with Crippen LogP contribution in [0.25, 0.3) is 0 Å². The van der Waals surface area contributed by atoms with E-state index in [4.69, 9.17) is 0 Å². The standard InChI is InChI=1S/C11H11N2/c1-11(8-6-7-8)12-9-4-2-3-5-10(9)13-11/h2-5,8H,1,6-7H2. The van der Waals surface area contributed by atoms with Gasteiger partial charge in [0.25, 0.3) is 0 Å². The summed E-state index contributed by atoms with van der Waals surface area (Å²) in [4.78, 5) is 9.14. The minimum Gasteiger partial charge on any atom is -0.253 e. The van der Waals surface area contributed by atoms with E-state index in [2.05, 4.69) is 16.9 Å². The summed E-state index contributed by atoms with van der Waals surface area (Å²) in [5.74, 6) is 0.583. The van der Waals surface area contributed by atoms with Crippen LogP contribution >= 0.6 is 0 Å². The minimum absolute atomic E-state index is 0.385. The summed E-state index contributed by atoms with van der Waals surface area (Å²) < 4.78 is 0. The first kappa shape index (κ1) is 7.25. The monoisotopic (exact) mass is 171 g/mol. The number of hydrogen-bond donors (Lipinski definition) is 0. The molecule has 1 aliphatic heterocycles. The van der Waals surface area contributed by atoms with Crippen molar-refractivity contribution in [3.63, 3.8) is 0 Å². The summed E-state index contributed by atoms with van der Waals surface area (Å²) in [5, 5.41) is 2.01. The van der Waals surface area contributed by atoms with Crippen LogP contribution in [0.1, 0.15) is 12.8 Å². The van der Waals surface area contributed by atoms with Crippen molar-refractivity contribution in [1.82, 2.24) is 0 Å². The van der Waals surface area contributed by atoms with Crippen LogP contribution < -0.4 is 10.7 Å². The van der Waals surface area contributed by atoms with Crippen molar-refractivity contribution in [1.29, 1.82) is 0 Å². The summed E-state index contributed by atoms with van der Waals surface area (Å²) in [6, 6.07) is 8.01. The second-order valence-corrected chi connectivity index (χ2v) is 3.87. The van der Waals surface area contributed by atoms with Gasteiger partial charge in [-0.05, 0) is 31.9 Å². The van der Waals surface area contributed by atoms with Crippen LogP contribution in [0.15, 0.2) is 34.3 Å². The third-order valence-electron chi connectivity index (χ3n) is 2.74. The molecule has 1 aromatic carbocycles. The molecule has 0 bridgehead atoms. The Hall–Kier alpha value is -1.18. The SMILES string of the molecule is [CH2]C1(C2CC2)N=c2ccccc2=N1. The Morgan fingerprint density at radius 1 is 1.15 bits per heavy atom. The van der Waals surface area contributed by atoms with Gasteiger partial charge in [0.1, 0.15) is 0 Å². The molecule has 65 valence electrons. The van der Waals surface area contributed by atoms with Gasteiger partial charge in [-0.2, -0.15) is 0 Å². The molecule has 0 N–H and O–H groups in total. The lowest BCUT2D eigenvalue weighted by Gasteiger charge is -2.15. The van der Waals surface area contributed by atoms with Gasteiger partial charge in [-0.15, -0.1) is 0 Å². The molecule has 1 saturated carbocycles. The van der Waals surface area contributed by atoms with Crippen LogP contribution in [-0.2, 0) is 0 Å². The summed E-state index contributed by atoms with van der Waals surface area (Å²) in [5.41, 5.74) is -0.385. The lowest BCUT2D eigenvalue weighted by Crippen LogP contribution is -2.20. The zero-order valence-corrected chi connectivity index (χ0v) is 7.40. The maximum Gasteiger partial charge on any atom is 0.154 e. The molecule has 0 spiro atoms. The van der Waals surface area contributed by atoms with Crippen molar-refractivity contribution in [2.75, 3.05) is 0 Å². The number of benzene rings is 1. The zero-order valence-electron chi connectivity index (χ0n) is 7.40. The lowest BCUT2D eigenvalue weighted by molar-refractivity contribution is 0.481. The Morgan fingerprint density at radius 3 is 2.15 bits per heavy atom. The highest BCUT2D eigenvalue weighted by atomic mass is 15.1. The van der Waals surface area contributed by atoms with E-state index < -0.39 is 0 Å². The van der Waals surface area contributed by atoms with Crippen molar-refractivity contribution in [2.24, 2.45) is 15.9 Å². The van der Waals surface area contributed by atoms with Crippen LogP contribution in [-0.4, -0.2) is 5.66 Å². The normalized spacial score (nSPS) is 23.2. The fourth-order valence-corrected chi connectivity index (χ4v) is 1.82. The highest BCUT2D eigenvalue weighted by molar-refractivity contribution is 5.12. The molecule has 3 rings (SSSR count). The highest BCUT2D eigenvalue weighted by Gasteiger charge is 2.42. The first-order chi connectivity index (χ1) is 6.28. The predicted octanol–water partition coefficient (Wildman–Crippen LogP) is 0.880. The molecule has 2 aliphatic rings. The molecule has 0 unspecified atom stereocenters. The second kappa shape index (κ2) is 2.19. The molecular weight excluding hydrogens is 160 g/mol. The Labute approximate surface area is 77.0 Å². The van der Waals surface area contributed by atoms with Crippen molar-refractivity contribution in [3.05, 3.63) is 41.9 Å². The molecule has 0 aromatic heterocycles. The fraction of sp³-hybridized carbons (Fsp3) is 0.364. The Kier molecular flexibility index (Phi) is 1.22. The molecule has 1 heterocycles. The van der Waals surface area contributed by atoms with Crippen LogP contribution in [0, 0.1) is 12.8 Å². The number of rotatable bonds is 1. The van der Waals surface area contributed by atoms with Crippen molar-refractivity contribution < 1.29 is 0 Å². The van der Waals surface area contributed by atoms with E-state index in [-0.39, 0.29) is 5.66 Å². The van der Waals surface area contributed by atoms with Gasteiger partial charge < -0.3 is 0 Å². The number of nitrogens with zero attached hydrogens (tertiary/aromatic N) is 2. The average molecular weight is 171 g/mol. The largest absolute Gasteiger partial charge is 0.253 e. The minimum atomic E-state index is -0.385. The first-order valence-corrected chi connectivity index (χ1v) is 4.68. The number of hydrogen-bond acceptors (Lipinski definition) is 2. The van der Waals surface area contributed by atoms with E-state index in [0.717, 1.165) is 10.7 Å². The lowest BCUT2D eigenvalue weighted by atomic mass is 10.1. The molecule has 2 heteroatoms. The van der Waals surface area contributed by atoms with E-state index in [9.17, 15) is 0 Å². The Morgan fingerprint density at radius 2 is 1.69 bits per heavy atom. The number of fused-ring (bicyclic) bond motifs is 1. The summed E-state index contributed by atoms with van der Waals surface area (Å²) >= 11 is 0. The molecule has 2 nitrogen and oxygen atoms in total. The van der Waals surface area contributed by atoms with Crippen molar-refractivity contribution in [2.45, 2.75) is 18.5 Å². The van der Waals surface area contributed by atoms with Gasteiger partial charge in [0.05, 0.1) is 10.7 Å². The highest BCUT2D eigenvalue weighted by Crippen LogP contribution is 2.42. The molecule has 0 amide bonds. The van der Waals surface area contributed by atoms with Gasteiger partial charge in [-0.3, -0.25) is 9.98 Å². The molecule has 1 aliphatic carbocycles. The second-order valence-electron chi connectivity index (χ2n) is 3.87. The maximum absolute atomic E-state index is 4.57. The zero-order chi connectivity index (χ0) is 8.89. The van der Waals surface area contributed by atoms with Crippen LogP contribution in [0.5, 0.6) is 0 Å². The number of para-hydroxylation sites is 2. The van der Waals surface area contributed by atoms with E-state index in [1.54, 1.807) is 0 Å². The summed E-state index contributed by atoms with van der Waals surface area (Å²) in [7, 11) is 0. The van der Waals surface area contributed by atoms with Gasteiger partial charge in [0, 0.05) is 5.92 Å². The summed E-state index contributed by atoms with van der Waals surface area (Å²) in [6.07, 6.45) is 2.45. The molecule has 0 atom stereocenters. The van der Waals surface area contributed by atoms with Gasteiger partial charge in [-0.25, -0.2) is 0 Å². The molecule has 1 aromatic rings. The predicted molar refractivity (Wildman–Crippen MR) is 49.6 cm³/mol. The van der Waals surface area contributed by atoms with Gasteiger partial charge >= 0.3 is 0 Å². The fourth-order valence-electron chi connectivity index (χ4n) is 1.82. The molecular formula is C11H11N2. The van der Waals surface area contributed by atoms with Crippen LogP contribution in [0.3, 0.4) is 0 Å². The van der Waals surface area contributed by atoms with Gasteiger partial charge in [0.15, 0.2) is 5.66 Å². The van der Waals surface area contributed by atoms with E-state index in [1.807, 2.05) is 24.3 Å². The van der Waals surface area contributed by atoms with Crippen molar-refractivity contribution in [3.8, 4) is 0 Å². The third kappa shape index (κ3) is 1.01. The average Bonchev–Trinajstić information content (AvgIpc) is 2.88. The summed E-state index contributed by atoms with van der Waals surface area (Å²) in [6.45, 7) is 4.11. The van der Waals surface area contributed by atoms with Crippen molar-refractivity contribution >= 4 is 0 Å². The quantitative estimate of drug-likeness (QED) is 0.599. The first-order valence-electron chi connectivity index (χ1n) is 4.68. The third-order valence-corrected chi connectivity index (χ3v) is 2.74. The molecule has 13 heavy (non-hydrogen) atoms. The Balaban J connectivity index is 2.22.